The molecule has 1 saturated heterocycles. The number of carbonyl (C=O) groups is 1. The molecule has 1 fully saturated rings. The van der Waals surface area contributed by atoms with E-state index in [1.807, 2.05) is 6.92 Å². The van der Waals surface area contributed by atoms with Crippen LogP contribution in [0.2, 0.25) is 0 Å². The van der Waals surface area contributed by atoms with Gasteiger partial charge in [0.05, 0.1) is 18.6 Å². The van der Waals surface area contributed by atoms with Crippen molar-refractivity contribution in [1.29, 1.82) is 0 Å². The van der Waals surface area contributed by atoms with E-state index in [2.05, 4.69) is 26.1 Å². The number of nitrogens with two attached hydrogens (primary N) is 1. The van der Waals surface area contributed by atoms with E-state index in [4.69, 9.17) is 10.5 Å². The molecule has 0 aromatic heterocycles. The number of carbonyl (C=O) groups excluding carboxylic acids is 1. The van der Waals surface area contributed by atoms with Gasteiger partial charge in [0.25, 0.3) is 0 Å². The summed E-state index contributed by atoms with van der Waals surface area (Å²) in [7, 11) is 0. The predicted molar refractivity (Wildman–Crippen MR) is 63.9 cm³/mol. The Labute approximate surface area is 97.9 Å². The second kappa shape index (κ2) is 5.15. The Morgan fingerprint density at radius 1 is 1.56 bits per heavy atom. The fraction of sp³-hybridized carbons (Fsp3) is 0.917. The molecule has 1 rings (SSSR count). The first-order valence-electron chi connectivity index (χ1n) is 5.99. The summed E-state index contributed by atoms with van der Waals surface area (Å²) in [6, 6.07) is -0.193. The third-order valence-electron chi connectivity index (χ3n) is 3.76. The van der Waals surface area contributed by atoms with Crippen LogP contribution >= 0.6 is 0 Å². The zero-order valence-corrected chi connectivity index (χ0v) is 10.7. The van der Waals surface area contributed by atoms with Crippen LogP contribution in [0.1, 0.15) is 27.7 Å². The fourth-order valence-electron chi connectivity index (χ4n) is 1.61. The third-order valence-corrected chi connectivity index (χ3v) is 3.76. The van der Waals surface area contributed by atoms with Gasteiger partial charge in [-0.05, 0) is 18.8 Å². The summed E-state index contributed by atoms with van der Waals surface area (Å²) in [6.45, 7) is 9.93. The van der Waals surface area contributed by atoms with Crippen LogP contribution in [0, 0.1) is 17.3 Å². The van der Waals surface area contributed by atoms with E-state index < -0.39 is 5.41 Å². The highest BCUT2D eigenvalue weighted by Gasteiger charge is 2.44. The number of hydrogen-bond donors (Lipinski definition) is 2. The predicted octanol–water partition coefficient (Wildman–Crippen LogP) is 0.759. The molecule has 1 aliphatic heterocycles. The van der Waals surface area contributed by atoms with E-state index >= 15 is 0 Å². The average Bonchev–Trinajstić information content (AvgIpc) is 2.56. The molecule has 3 unspecified atom stereocenters. The summed E-state index contributed by atoms with van der Waals surface area (Å²) in [5.41, 5.74) is 5.34. The number of ether oxygens (including phenoxy) is 1. The Morgan fingerprint density at radius 3 is 2.62 bits per heavy atom. The van der Waals surface area contributed by atoms with Crippen molar-refractivity contribution >= 4 is 5.91 Å². The molecule has 0 aromatic carbocycles. The summed E-state index contributed by atoms with van der Waals surface area (Å²) in [6.07, 6.45) is 0. The van der Waals surface area contributed by atoms with Crippen molar-refractivity contribution in [3.05, 3.63) is 0 Å². The number of rotatable bonds is 4. The van der Waals surface area contributed by atoms with Crippen molar-refractivity contribution in [1.82, 2.24) is 5.32 Å². The minimum atomic E-state index is -0.559. The van der Waals surface area contributed by atoms with Crippen molar-refractivity contribution in [3.63, 3.8) is 0 Å². The normalized spacial score (nSPS) is 31.8. The SMILES string of the molecule is CC(C)C(C)CNC(=O)C1(C)COCC1N. The van der Waals surface area contributed by atoms with Crippen molar-refractivity contribution in [2.45, 2.75) is 33.7 Å². The van der Waals surface area contributed by atoms with Crippen molar-refractivity contribution < 1.29 is 9.53 Å². The van der Waals surface area contributed by atoms with Crippen LogP contribution < -0.4 is 11.1 Å². The molecule has 0 saturated carbocycles. The summed E-state index contributed by atoms with van der Waals surface area (Å²) in [4.78, 5) is 12.0. The van der Waals surface area contributed by atoms with E-state index in [0.717, 1.165) is 0 Å². The van der Waals surface area contributed by atoms with Gasteiger partial charge in [-0.3, -0.25) is 4.79 Å². The molecule has 16 heavy (non-hydrogen) atoms. The van der Waals surface area contributed by atoms with Gasteiger partial charge in [0.1, 0.15) is 0 Å². The molecule has 0 aliphatic carbocycles. The van der Waals surface area contributed by atoms with Gasteiger partial charge < -0.3 is 15.8 Å². The van der Waals surface area contributed by atoms with E-state index in [1.54, 1.807) is 0 Å². The van der Waals surface area contributed by atoms with Crippen LogP contribution in [0.5, 0.6) is 0 Å². The molecule has 0 spiro atoms. The minimum Gasteiger partial charge on any atom is -0.379 e. The van der Waals surface area contributed by atoms with Crippen molar-refractivity contribution in [3.8, 4) is 0 Å². The number of amides is 1. The maximum Gasteiger partial charge on any atom is 0.229 e. The highest BCUT2D eigenvalue weighted by atomic mass is 16.5. The van der Waals surface area contributed by atoms with Gasteiger partial charge >= 0.3 is 0 Å². The molecular weight excluding hydrogens is 204 g/mol. The van der Waals surface area contributed by atoms with Crippen molar-refractivity contribution in [2.24, 2.45) is 23.0 Å². The topological polar surface area (TPSA) is 64.3 Å². The second-order valence-corrected chi connectivity index (χ2v) is 5.47. The van der Waals surface area contributed by atoms with Gasteiger partial charge in [-0.2, -0.15) is 0 Å². The molecule has 0 radical (unpaired) electrons. The summed E-state index contributed by atoms with van der Waals surface area (Å²) >= 11 is 0. The van der Waals surface area contributed by atoms with E-state index in [9.17, 15) is 4.79 Å². The van der Waals surface area contributed by atoms with Gasteiger partial charge in [-0.1, -0.05) is 20.8 Å². The van der Waals surface area contributed by atoms with Gasteiger partial charge in [0.15, 0.2) is 0 Å². The zero-order valence-electron chi connectivity index (χ0n) is 10.7. The smallest absolute Gasteiger partial charge is 0.229 e. The average molecular weight is 228 g/mol. The summed E-state index contributed by atoms with van der Waals surface area (Å²) < 4.78 is 5.26. The lowest BCUT2D eigenvalue weighted by Crippen LogP contribution is -2.50. The van der Waals surface area contributed by atoms with Crippen LogP contribution in [0.3, 0.4) is 0 Å². The van der Waals surface area contributed by atoms with Gasteiger partial charge in [0.2, 0.25) is 5.91 Å². The van der Waals surface area contributed by atoms with Crippen LogP contribution in [-0.2, 0) is 9.53 Å². The quantitative estimate of drug-likeness (QED) is 0.746. The maximum atomic E-state index is 12.0. The van der Waals surface area contributed by atoms with Crippen LogP contribution in [0.25, 0.3) is 0 Å². The lowest BCUT2D eigenvalue weighted by molar-refractivity contribution is -0.130. The standard InChI is InChI=1S/C12H24N2O2/c1-8(2)9(3)5-14-11(15)12(4)7-16-6-10(12)13/h8-10H,5-7,13H2,1-4H3,(H,14,15). The molecule has 0 bridgehead atoms. The highest BCUT2D eigenvalue weighted by molar-refractivity contribution is 5.83. The summed E-state index contributed by atoms with van der Waals surface area (Å²) in [5.74, 6) is 1.07. The maximum absolute atomic E-state index is 12.0. The fourth-order valence-corrected chi connectivity index (χ4v) is 1.61. The monoisotopic (exact) mass is 228 g/mol. The summed E-state index contributed by atoms with van der Waals surface area (Å²) in [5, 5.41) is 2.98. The van der Waals surface area contributed by atoms with E-state index in [-0.39, 0.29) is 11.9 Å². The molecule has 4 heteroatoms. The molecule has 0 aromatic rings. The Balaban J connectivity index is 2.46. The molecule has 3 atom stereocenters. The Morgan fingerprint density at radius 2 is 2.19 bits per heavy atom. The Kier molecular flexibility index (Phi) is 4.33. The van der Waals surface area contributed by atoms with E-state index in [1.165, 1.54) is 0 Å². The van der Waals surface area contributed by atoms with Gasteiger partial charge in [-0.15, -0.1) is 0 Å². The molecule has 4 nitrogen and oxygen atoms in total. The van der Waals surface area contributed by atoms with Gasteiger partial charge in [-0.25, -0.2) is 0 Å². The lowest BCUT2D eigenvalue weighted by atomic mass is 9.84. The molecular formula is C12H24N2O2. The number of hydrogen-bond acceptors (Lipinski definition) is 3. The third kappa shape index (κ3) is 2.74. The largest absolute Gasteiger partial charge is 0.379 e. The molecule has 1 amide bonds. The van der Waals surface area contributed by atoms with Crippen LogP contribution in [-0.4, -0.2) is 31.7 Å². The molecule has 1 heterocycles. The zero-order chi connectivity index (χ0) is 12.3. The molecule has 3 N–H and O–H groups in total. The first-order valence-corrected chi connectivity index (χ1v) is 5.99. The van der Waals surface area contributed by atoms with Gasteiger partial charge in [0, 0.05) is 12.6 Å². The Hall–Kier alpha value is -0.610. The molecule has 1 aliphatic rings. The highest BCUT2D eigenvalue weighted by Crippen LogP contribution is 2.27. The first-order chi connectivity index (χ1) is 7.38. The Bertz CT molecular complexity index is 255. The second-order valence-electron chi connectivity index (χ2n) is 5.47. The van der Waals surface area contributed by atoms with E-state index in [0.29, 0.717) is 31.6 Å². The first kappa shape index (κ1) is 13.5. The number of nitrogens with one attached hydrogen (secondary N) is 1. The minimum absolute atomic E-state index is 0.0185. The van der Waals surface area contributed by atoms with Crippen molar-refractivity contribution in [2.75, 3.05) is 19.8 Å². The molecule has 94 valence electrons. The van der Waals surface area contributed by atoms with Crippen LogP contribution in [0.15, 0.2) is 0 Å². The van der Waals surface area contributed by atoms with Crippen LogP contribution in [0.4, 0.5) is 0 Å². The lowest BCUT2D eigenvalue weighted by Gasteiger charge is -2.27.